The van der Waals surface area contributed by atoms with Crippen LogP contribution in [0.15, 0.2) is 30.3 Å². The molecule has 1 aromatic carbocycles. The molecule has 0 unspecified atom stereocenters. The highest BCUT2D eigenvalue weighted by Gasteiger charge is 2.28. The predicted octanol–water partition coefficient (Wildman–Crippen LogP) is 2.50. The fourth-order valence-corrected chi connectivity index (χ4v) is 3.75. The summed E-state index contributed by atoms with van der Waals surface area (Å²) in [4.78, 5) is 17.0. The molecule has 2 heterocycles. The lowest BCUT2D eigenvalue weighted by molar-refractivity contribution is -0.141. The molecule has 0 N–H and O–H groups in total. The Labute approximate surface area is 139 Å². The smallest absolute Gasteiger partial charge is 0.237 e. The Morgan fingerprint density at radius 2 is 1.91 bits per heavy atom. The van der Waals surface area contributed by atoms with Crippen LogP contribution in [-0.4, -0.2) is 61.1 Å². The third-order valence-corrected chi connectivity index (χ3v) is 5.24. The van der Waals surface area contributed by atoms with Gasteiger partial charge in [-0.2, -0.15) is 0 Å². The number of hydrogen-bond acceptors (Lipinski definition) is 3. The highest BCUT2D eigenvalue weighted by Crippen LogP contribution is 2.27. The summed E-state index contributed by atoms with van der Waals surface area (Å²) in [6.45, 7) is 6.86. The van der Waals surface area contributed by atoms with Gasteiger partial charge in [0, 0.05) is 6.54 Å². The van der Waals surface area contributed by atoms with Gasteiger partial charge >= 0.3 is 0 Å². The number of amides is 1. The molecular formula is C19H28N2O2. The standard InChI is InChI=1S/C19H28N2O2/c1-2-18-15-23-13-12-21(18)19(22)14-20-10-8-17(9-11-20)16-6-4-3-5-7-16/h3-7,17-18H,2,8-15H2,1H3/t18-/m0/s1. The minimum Gasteiger partial charge on any atom is -0.377 e. The van der Waals surface area contributed by atoms with E-state index in [1.165, 1.54) is 5.56 Å². The van der Waals surface area contributed by atoms with Crippen molar-refractivity contribution in [1.29, 1.82) is 0 Å². The third kappa shape index (κ3) is 4.12. The summed E-state index contributed by atoms with van der Waals surface area (Å²) in [5.74, 6) is 0.924. The number of rotatable bonds is 4. The maximum atomic E-state index is 12.6. The van der Waals surface area contributed by atoms with Crippen molar-refractivity contribution in [1.82, 2.24) is 9.80 Å². The summed E-state index contributed by atoms with van der Waals surface area (Å²) < 4.78 is 5.50. The normalized spacial score (nSPS) is 23.9. The van der Waals surface area contributed by atoms with Crippen LogP contribution in [-0.2, 0) is 9.53 Å². The number of morpholine rings is 1. The highest BCUT2D eigenvalue weighted by atomic mass is 16.5. The zero-order valence-corrected chi connectivity index (χ0v) is 14.1. The first-order chi connectivity index (χ1) is 11.3. The number of benzene rings is 1. The lowest BCUT2D eigenvalue weighted by Crippen LogP contribution is -2.52. The molecule has 0 spiro atoms. The van der Waals surface area contributed by atoms with E-state index >= 15 is 0 Å². The van der Waals surface area contributed by atoms with Gasteiger partial charge in [-0.15, -0.1) is 0 Å². The zero-order chi connectivity index (χ0) is 16.1. The van der Waals surface area contributed by atoms with Crippen molar-refractivity contribution in [2.24, 2.45) is 0 Å². The number of piperidine rings is 1. The molecule has 0 aromatic heterocycles. The molecule has 4 nitrogen and oxygen atoms in total. The van der Waals surface area contributed by atoms with Crippen molar-refractivity contribution in [3.05, 3.63) is 35.9 Å². The van der Waals surface area contributed by atoms with Gasteiger partial charge in [-0.1, -0.05) is 37.3 Å². The fourth-order valence-electron chi connectivity index (χ4n) is 3.75. The molecule has 2 fully saturated rings. The van der Waals surface area contributed by atoms with Crippen LogP contribution in [0.3, 0.4) is 0 Å². The average molecular weight is 316 g/mol. The fraction of sp³-hybridized carbons (Fsp3) is 0.632. The van der Waals surface area contributed by atoms with Gasteiger partial charge in [0.25, 0.3) is 0 Å². The first-order valence-electron chi connectivity index (χ1n) is 8.92. The van der Waals surface area contributed by atoms with Crippen LogP contribution in [0.5, 0.6) is 0 Å². The molecule has 23 heavy (non-hydrogen) atoms. The van der Waals surface area contributed by atoms with Crippen molar-refractivity contribution in [2.45, 2.75) is 38.1 Å². The summed E-state index contributed by atoms with van der Waals surface area (Å²) in [5, 5.41) is 0. The maximum Gasteiger partial charge on any atom is 0.237 e. The molecule has 1 aromatic rings. The summed E-state index contributed by atoms with van der Waals surface area (Å²) in [5.41, 5.74) is 1.44. The van der Waals surface area contributed by atoms with Gasteiger partial charge in [0.05, 0.1) is 25.8 Å². The van der Waals surface area contributed by atoms with E-state index in [-0.39, 0.29) is 11.9 Å². The molecule has 0 radical (unpaired) electrons. The molecule has 1 atom stereocenters. The van der Waals surface area contributed by atoms with Crippen LogP contribution in [0.4, 0.5) is 0 Å². The van der Waals surface area contributed by atoms with Crippen molar-refractivity contribution >= 4 is 5.91 Å². The summed E-state index contributed by atoms with van der Waals surface area (Å²) in [6.07, 6.45) is 3.27. The topological polar surface area (TPSA) is 32.8 Å². The molecule has 126 valence electrons. The van der Waals surface area contributed by atoms with Gasteiger partial charge < -0.3 is 9.64 Å². The number of nitrogens with zero attached hydrogens (tertiary/aromatic N) is 2. The molecule has 0 saturated carbocycles. The number of hydrogen-bond donors (Lipinski definition) is 0. The minimum atomic E-state index is 0.262. The van der Waals surface area contributed by atoms with Gasteiger partial charge in [-0.3, -0.25) is 9.69 Å². The molecule has 2 saturated heterocycles. The van der Waals surface area contributed by atoms with Crippen molar-refractivity contribution in [2.75, 3.05) is 39.4 Å². The summed E-state index contributed by atoms with van der Waals surface area (Å²) >= 11 is 0. The minimum absolute atomic E-state index is 0.262. The van der Waals surface area contributed by atoms with E-state index in [1.54, 1.807) is 0 Å². The van der Waals surface area contributed by atoms with Gasteiger partial charge in [-0.05, 0) is 43.8 Å². The van der Waals surface area contributed by atoms with E-state index in [0.717, 1.165) is 38.9 Å². The summed E-state index contributed by atoms with van der Waals surface area (Å²) in [6, 6.07) is 11.0. The highest BCUT2D eigenvalue weighted by molar-refractivity contribution is 5.78. The lowest BCUT2D eigenvalue weighted by atomic mass is 9.89. The Morgan fingerprint density at radius 1 is 1.17 bits per heavy atom. The Kier molecular flexibility index (Phi) is 5.68. The van der Waals surface area contributed by atoms with E-state index in [9.17, 15) is 4.79 Å². The quantitative estimate of drug-likeness (QED) is 0.855. The van der Waals surface area contributed by atoms with E-state index in [1.807, 2.05) is 4.90 Å². The molecule has 3 rings (SSSR count). The van der Waals surface area contributed by atoms with E-state index in [2.05, 4.69) is 42.2 Å². The van der Waals surface area contributed by atoms with E-state index in [4.69, 9.17) is 4.74 Å². The number of ether oxygens (including phenoxy) is 1. The third-order valence-electron chi connectivity index (χ3n) is 5.24. The molecule has 2 aliphatic rings. The van der Waals surface area contributed by atoms with Crippen LogP contribution in [0.1, 0.15) is 37.7 Å². The van der Waals surface area contributed by atoms with Crippen LogP contribution in [0, 0.1) is 0 Å². The largest absolute Gasteiger partial charge is 0.377 e. The lowest BCUT2D eigenvalue weighted by Gasteiger charge is -2.38. The van der Waals surface area contributed by atoms with Crippen molar-refractivity contribution < 1.29 is 9.53 Å². The van der Waals surface area contributed by atoms with Gasteiger partial charge in [0.2, 0.25) is 5.91 Å². The Balaban J connectivity index is 1.49. The molecule has 0 bridgehead atoms. The number of likely N-dealkylation sites (tertiary alicyclic amines) is 1. The van der Waals surface area contributed by atoms with E-state index < -0.39 is 0 Å². The Morgan fingerprint density at radius 3 is 2.61 bits per heavy atom. The number of carbonyl (C=O) groups excluding carboxylic acids is 1. The molecule has 1 amide bonds. The molecular weight excluding hydrogens is 288 g/mol. The van der Waals surface area contributed by atoms with Crippen LogP contribution >= 0.6 is 0 Å². The monoisotopic (exact) mass is 316 g/mol. The maximum absolute atomic E-state index is 12.6. The van der Waals surface area contributed by atoms with Gasteiger partial charge in [-0.25, -0.2) is 0 Å². The van der Waals surface area contributed by atoms with Crippen molar-refractivity contribution in [3.8, 4) is 0 Å². The Hall–Kier alpha value is -1.39. The summed E-state index contributed by atoms with van der Waals surface area (Å²) in [7, 11) is 0. The average Bonchev–Trinajstić information content (AvgIpc) is 2.63. The molecule has 2 aliphatic heterocycles. The Bertz CT molecular complexity index is 497. The molecule has 0 aliphatic carbocycles. The van der Waals surface area contributed by atoms with Crippen LogP contribution in [0.2, 0.25) is 0 Å². The second-order valence-electron chi connectivity index (χ2n) is 6.69. The first kappa shape index (κ1) is 16.5. The second kappa shape index (κ2) is 7.93. The second-order valence-corrected chi connectivity index (χ2v) is 6.69. The van der Waals surface area contributed by atoms with Crippen LogP contribution < -0.4 is 0 Å². The van der Waals surface area contributed by atoms with E-state index in [0.29, 0.717) is 25.7 Å². The van der Waals surface area contributed by atoms with Crippen molar-refractivity contribution in [3.63, 3.8) is 0 Å². The van der Waals surface area contributed by atoms with Crippen LogP contribution in [0.25, 0.3) is 0 Å². The number of carbonyl (C=O) groups is 1. The van der Waals surface area contributed by atoms with Gasteiger partial charge in [0.15, 0.2) is 0 Å². The zero-order valence-electron chi connectivity index (χ0n) is 14.1. The van der Waals surface area contributed by atoms with Gasteiger partial charge in [0.1, 0.15) is 0 Å². The first-order valence-corrected chi connectivity index (χ1v) is 8.92. The predicted molar refractivity (Wildman–Crippen MR) is 91.5 cm³/mol. The SMILES string of the molecule is CC[C@H]1COCCN1C(=O)CN1CCC(c2ccccc2)CC1. The molecule has 4 heteroatoms.